The van der Waals surface area contributed by atoms with Gasteiger partial charge in [0.2, 0.25) is 0 Å². The molecule has 196 valence electrons. The molecule has 0 heterocycles. The van der Waals surface area contributed by atoms with Crippen molar-refractivity contribution < 1.29 is 89.8 Å². The molecular weight excluding hydrogens is 534 g/mol. The first-order valence-electron chi connectivity index (χ1n) is 11.7. The molecule has 0 fully saturated rings. The molecule has 2 rings (SSSR count). The first-order valence-corrected chi connectivity index (χ1v) is 15.3. The predicted octanol–water partition coefficient (Wildman–Crippen LogP) is -0.457. The van der Waals surface area contributed by atoms with E-state index in [1.165, 1.54) is 69.8 Å². The van der Waals surface area contributed by atoms with Gasteiger partial charge in [0.25, 0.3) is 0 Å². The van der Waals surface area contributed by atoms with Crippen molar-refractivity contribution in [3.05, 3.63) is 70.4 Å². The molecule has 0 amide bonds. The summed E-state index contributed by atoms with van der Waals surface area (Å²) < 4.78 is 60.1. The molecule has 0 aliphatic heterocycles. The fourth-order valence-corrected chi connectivity index (χ4v) is 2.93. The van der Waals surface area contributed by atoms with Gasteiger partial charge in [-0.2, -0.15) is 0 Å². The van der Waals surface area contributed by atoms with Crippen LogP contribution in [-0.4, -0.2) is 38.5 Å². The van der Waals surface area contributed by atoms with Crippen LogP contribution in [0.5, 0.6) is 0 Å². The second-order valence-corrected chi connectivity index (χ2v) is 10.9. The van der Waals surface area contributed by atoms with Crippen LogP contribution in [0, 0.1) is 0 Å². The van der Waals surface area contributed by atoms with Crippen molar-refractivity contribution in [2.45, 2.75) is 77.6 Å². The van der Waals surface area contributed by atoms with Crippen molar-refractivity contribution >= 4 is 20.2 Å². The van der Waals surface area contributed by atoms with E-state index in [4.69, 9.17) is 30.7 Å². The molecule has 0 saturated carbocycles. The summed E-state index contributed by atoms with van der Waals surface area (Å²) in [4.78, 5) is 0. The maximum absolute atomic E-state index is 9.08. The van der Waals surface area contributed by atoms with Crippen LogP contribution in [0.25, 0.3) is 0 Å². The molecule has 37 heavy (non-hydrogen) atoms. The Kier molecular flexibility index (Phi) is 27.5. The molecule has 2 aliphatic carbocycles. The van der Waals surface area contributed by atoms with Crippen LogP contribution < -0.4 is 59.1 Å². The second-order valence-electron chi connectivity index (χ2n) is 8.07. The SMILES string of the molecule is CCCCCCCCCCCCC1=C=C=C(OC2=C=C=CC=C2)C=C1.CS(=O)(=O)[O-].CS(=O)(=O)[O-].[Na+].[Na+]. The summed E-state index contributed by atoms with van der Waals surface area (Å²) in [5.74, 6) is 1.34. The van der Waals surface area contributed by atoms with Gasteiger partial charge in [0.15, 0.2) is 11.5 Å². The van der Waals surface area contributed by atoms with Gasteiger partial charge in [0, 0.05) is 18.1 Å². The van der Waals surface area contributed by atoms with E-state index in [0.717, 1.165) is 6.42 Å². The molecule has 0 radical (unpaired) electrons. The predicted molar refractivity (Wildman–Crippen MR) is 136 cm³/mol. The van der Waals surface area contributed by atoms with Gasteiger partial charge in [0.1, 0.15) is 0 Å². The van der Waals surface area contributed by atoms with Crippen LogP contribution >= 0.6 is 0 Å². The van der Waals surface area contributed by atoms with Crippen LogP contribution in [0.4, 0.5) is 0 Å². The van der Waals surface area contributed by atoms with E-state index >= 15 is 0 Å². The summed E-state index contributed by atoms with van der Waals surface area (Å²) in [6.07, 6.45) is 25.6. The zero-order valence-corrected chi connectivity index (χ0v) is 28.5. The first kappa shape index (κ1) is 41.2. The largest absolute Gasteiger partial charge is 1.00 e. The molecule has 0 atom stereocenters. The molecule has 0 spiro atoms. The molecule has 7 nitrogen and oxygen atoms in total. The van der Waals surface area contributed by atoms with Crippen molar-refractivity contribution in [2.75, 3.05) is 12.5 Å². The normalized spacial score (nSPS) is 12.9. The van der Waals surface area contributed by atoms with Crippen molar-refractivity contribution in [2.24, 2.45) is 0 Å². The fraction of sp³-hybridized carbons (Fsp3) is 0.538. The van der Waals surface area contributed by atoms with Gasteiger partial charge >= 0.3 is 59.1 Å². The summed E-state index contributed by atoms with van der Waals surface area (Å²) in [7, 11) is -7.83. The number of allylic oxidation sites excluding steroid dienone is 6. The standard InChI is InChI=1S/C24H30O.2CH4O3S.2Na/c1-2-3-4-5-6-7-8-9-10-12-15-22-18-20-24(21-19-22)25-23-16-13-11-14-17-23;2*1-5(2,3)4;;/h11,13,16,18,20H,2-10,12,15H2,1H3;2*1H3,(H,2,3,4);;/q;;;2*+1/p-2. The maximum Gasteiger partial charge on any atom is 1.00 e. The van der Waals surface area contributed by atoms with Gasteiger partial charge in [-0.1, -0.05) is 76.2 Å². The van der Waals surface area contributed by atoms with Crippen LogP contribution in [0.3, 0.4) is 0 Å². The molecule has 0 aromatic rings. The Labute approximate surface area is 268 Å². The summed E-state index contributed by atoms with van der Waals surface area (Å²) in [5.41, 5.74) is 13.3. The Morgan fingerprint density at radius 1 is 0.703 bits per heavy atom. The van der Waals surface area contributed by atoms with E-state index in [9.17, 15) is 0 Å². The second kappa shape index (κ2) is 24.7. The third-order valence-corrected chi connectivity index (χ3v) is 4.42. The fourth-order valence-electron chi connectivity index (χ4n) is 2.93. The summed E-state index contributed by atoms with van der Waals surface area (Å²) in [6.45, 7) is 2.27. The first-order chi connectivity index (χ1) is 16.4. The van der Waals surface area contributed by atoms with E-state index in [0.29, 0.717) is 24.0 Å². The Morgan fingerprint density at radius 2 is 1.16 bits per heavy atom. The number of unbranched alkanes of at least 4 members (excludes halogenated alkanes) is 9. The zero-order chi connectivity index (χ0) is 26.6. The quantitative estimate of drug-likeness (QED) is 0.127. The average Bonchev–Trinajstić information content (AvgIpc) is 2.75. The molecule has 0 unspecified atom stereocenters. The molecular formula is C26H36Na2O7S2. The van der Waals surface area contributed by atoms with Gasteiger partial charge in [-0.15, -0.1) is 0 Å². The van der Waals surface area contributed by atoms with Gasteiger partial charge in [0.05, 0.1) is 20.2 Å². The van der Waals surface area contributed by atoms with Crippen LogP contribution in [-0.2, 0) is 25.0 Å². The van der Waals surface area contributed by atoms with E-state index in [1.807, 2.05) is 18.2 Å². The van der Waals surface area contributed by atoms with E-state index < -0.39 is 20.2 Å². The van der Waals surface area contributed by atoms with Gasteiger partial charge in [-0.3, -0.25) is 0 Å². The monoisotopic (exact) mass is 570 g/mol. The molecule has 0 aromatic carbocycles. The molecule has 2 aliphatic rings. The van der Waals surface area contributed by atoms with E-state index in [1.54, 1.807) is 6.08 Å². The minimum Gasteiger partial charge on any atom is -0.748 e. The number of rotatable bonds is 13. The number of ether oxygens (including phenoxy) is 1. The number of hydrogen-bond donors (Lipinski definition) is 0. The third kappa shape index (κ3) is 35.7. The van der Waals surface area contributed by atoms with Crippen molar-refractivity contribution in [3.8, 4) is 0 Å². The zero-order valence-electron chi connectivity index (χ0n) is 22.8. The summed E-state index contributed by atoms with van der Waals surface area (Å²) in [6, 6.07) is 0. The minimum atomic E-state index is -3.92. The van der Waals surface area contributed by atoms with Gasteiger partial charge < -0.3 is 13.8 Å². The Balaban J connectivity index is -0.000000822. The van der Waals surface area contributed by atoms with Crippen LogP contribution in [0.2, 0.25) is 0 Å². The van der Waals surface area contributed by atoms with Crippen molar-refractivity contribution in [1.29, 1.82) is 0 Å². The maximum atomic E-state index is 9.08. The van der Waals surface area contributed by atoms with E-state index in [2.05, 4.69) is 35.9 Å². The van der Waals surface area contributed by atoms with Crippen LogP contribution in [0.15, 0.2) is 70.4 Å². The number of hydrogen-bond acceptors (Lipinski definition) is 7. The van der Waals surface area contributed by atoms with Crippen molar-refractivity contribution in [1.82, 2.24) is 0 Å². The third-order valence-electron chi connectivity index (χ3n) is 4.42. The van der Waals surface area contributed by atoms with E-state index in [-0.39, 0.29) is 59.1 Å². The topological polar surface area (TPSA) is 124 Å². The summed E-state index contributed by atoms with van der Waals surface area (Å²) in [5, 5.41) is 0. The van der Waals surface area contributed by atoms with Gasteiger partial charge in [-0.05, 0) is 54.7 Å². The summed E-state index contributed by atoms with van der Waals surface area (Å²) >= 11 is 0. The molecule has 0 N–H and O–H groups in total. The van der Waals surface area contributed by atoms with Gasteiger partial charge in [-0.25, -0.2) is 16.8 Å². The smallest absolute Gasteiger partial charge is 0.748 e. The van der Waals surface area contributed by atoms with Crippen molar-refractivity contribution in [3.63, 3.8) is 0 Å². The van der Waals surface area contributed by atoms with Crippen LogP contribution in [0.1, 0.15) is 77.6 Å². The average molecular weight is 571 g/mol. The minimum absolute atomic E-state index is 0. The Hall–Kier alpha value is -0.300. The Morgan fingerprint density at radius 3 is 1.57 bits per heavy atom. The molecule has 0 bridgehead atoms. The molecule has 0 saturated heterocycles. The molecule has 11 heteroatoms. The molecule has 0 aromatic heterocycles. The Bertz CT molecular complexity index is 1080.